The first-order valence-corrected chi connectivity index (χ1v) is 10.3. The zero-order valence-electron chi connectivity index (χ0n) is 16.8. The van der Waals surface area contributed by atoms with Crippen LogP contribution in [0.15, 0.2) is 66.9 Å². The van der Waals surface area contributed by atoms with Gasteiger partial charge in [0.2, 0.25) is 0 Å². The molecule has 0 saturated heterocycles. The number of rotatable bonds is 8. The van der Waals surface area contributed by atoms with Crippen LogP contribution in [0.1, 0.15) is 21.5 Å². The SMILES string of the molecule is COC(=O)C(Cc1ccc(CNc2ccccn2)cc1)NC(=O)c1c(Cl)cccc1Cl. The molecule has 2 aromatic carbocycles. The molecule has 6 nitrogen and oxygen atoms in total. The number of carbonyl (C=O) groups excluding carboxylic acids is 2. The average molecular weight is 458 g/mol. The van der Waals surface area contributed by atoms with Crippen LogP contribution in [0.5, 0.6) is 0 Å². The Hall–Kier alpha value is -3.09. The van der Waals surface area contributed by atoms with E-state index in [0.29, 0.717) is 6.54 Å². The highest BCUT2D eigenvalue weighted by atomic mass is 35.5. The molecule has 2 N–H and O–H groups in total. The number of methoxy groups -OCH3 is 1. The summed E-state index contributed by atoms with van der Waals surface area (Å²) in [6.45, 7) is 0.611. The van der Waals surface area contributed by atoms with Crippen LogP contribution >= 0.6 is 23.2 Å². The van der Waals surface area contributed by atoms with Gasteiger partial charge in [0.1, 0.15) is 11.9 Å². The molecule has 0 radical (unpaired) electrons. The molecule has 31 heavy (non-hydrogen) atoms. The first-order valence-electron chi connectivity index (χ1n) is 9.53. The van der Waals surface area contributed by atoms with Crippen LogP contribution in [0, 0.1) is 0 Å². The average Bonchev–Trinajstić information content (AvgIpc) is 2.78. The summed E-state index contributed by atoms with van der Waals surface area (Å²) in [6, 6.07) is 17.2. The first-order chi connectivity index (χ1) is 15.0. The van der Waals surface area contributed by atoms with Gasteiger partial charge in [-0.3, -0.25) is 4.79 Å². The Balaban J connectivity index is 1.66. The predicted octanol–water partition coefficient (Wildman–Crippen LogP) is 4.51. The minimum atomic E-state index is -0.887. The van der Waals surface area contributed by atoms with Gasteiger partial charge in [-0.1, -0.05) is 59.6 Å². The van der Waals surface area contributed by atoms with E-state index in [1.165, 1.54) is 7.11 Å². The monoisotopic (exact) mass is 457 g/mol. The highest BCUT2D eigenvalue weighted by Gasteiger charge is 2.24. The van der Waals surface area contributed by atoms with Crippen LogP contribution in [-0.2, 0) is 22.5 Å². The summed E-state index contributed by atoms with van der Waals surface area (Å²) < 4.78 is 4.86. The van der Waals surface area contributed by atoms with Crippen LogP contribution in [0.25, 0.3) is 0 Å². The molecule has 160 valence electrons. The van der Waals surface area contributed by atoms with Gasteiger partial charge in [-0.15, -0.1) is 0 Å². The fraction of sp³-hybridized carbons (Fsp3) is 0.174. The number of halogens is 2. The highest BCUT2D eigenvalue weighted by Crippen LogP contribution is 2.24. The molecule has 0 aliphatic rings. The van der Waals surface area contributed by atoms with Gasteiger partial charge in [-0.05, 0) is 35.4 Å². The maximum Gasteiger partial charge on any atom is 0.328 e. The number of hydrogen-bond donors (Lipinski definition) is 2. The molecule has 3 rings (SSSR count). The van der Waals surface area contributed by atoms with Crippen molar-refractivity contribution in [1.82, 2.24) is 10.3 Å². The number of nitrogens with one attached hydrogen (secondary N) is 2. The molecule has 8 heteroatoms. The lowest BCUT2D eigenvalue weighted by Crippen LogP contribution is -2.43. The molecule has 1 atom stereocenters. The number of esters is 1. The second-order valence-corrected chi connectivity index (χ2v) is 7.55. The third-order valence-corrected chi connectivity index (χ3v) is 5.21. The molecule has 1 heterocycles. The van der Waals surface area contributed by atoms with Gasteiger partial charge >= 0.3 is 5.97 Å². The van der Waals surface area contributed by atoms with E-state index in [0.717, 1.165) is 16.9 Å². The summed E-state index contributed by atoms with van der Waals surface area (Å²) in [4.78, 5) is 29.2. The fourth-order valence-electron chi connectivity index (χ4n) is 2.97. The molecule has 0 aliphatic heterocycles. The zero-order chi connectivity index (χ0) is 22.2. The zero-order valence-corrected chi connectivity index (χ0v) is 18.3. The van der Waals surface area contributed by atoms with Gasteiger partial charge in [-0.2, -0.15) is 0 Å². The number of nitrogens with zero attached hydrogens (tertiary/aromatic N) is 1. The van der Waals surface area contributed by atoms with Gasteiger partial charge in [0, 0.05) is 19.2 Å². The van der Waals surface area contributed by atoms with Crippen molar-refractivity contribution in [1.29, 1.82) is 0 Å². The van der Waals surface area contributed by atoms with Gasteiger partial charge in [0.25, 0.3) is 5.91 Å². The molecule has 0 bridgehead atoms. The Morgan fingerprint density at radius 2 is 1.65 bits per heavy atom. The minimum Gasteiger partial charge on any atom is -0.467 e. The second-order valence-electron chi connectivity index (χ2n) is 6.74. The van der Waals surface area contributed by atoms with Gasteiger partial charge in [0.05, 0.1) is 22.7 Å². The van der Waals surface area contributed by atoms with E-state index in [2.05, 4.69) is 15.6 Å². The topological polar surface area (TPSA) is 80.3 Å². The summed E-state index contributed by atoms with van der Waals surface area (Å²) in [5, 5.41) is 6.32. The van der Waals surface area contributed by atoms with Crippen LogP contribution < -0.4 is 10.6 Å². The Kier molecular flexibility index (Phi) is 7.87. The standard InChI is InChI=1S/C23H21Cl2N3O3/c1-31-23(30)19(28-22(29)21-17(24)5-4-6-18(21)25)13-15-8-10-16(11-9-15)14-27-20-7-2-3-12-26-20/h2-12,19H,13-14H2,1H3,(H,26,27)(H,28,29). The first kappa shape index (κ1) is 22.6. The van der Waals surface area contributed by atoms with E-state index in [1.807, 2.05) is 42.5 Å². The summed E-state index contributed by atoms with van der Waals surface area (Å²) in [5.74, 6) is -0.308. The van der Waals surface area contributed by atoms with E-state index in [-0.39, 0.29) is 22.0 Å². The maximum absolute atomic E-state index is 12.7. The molecule has 1 aromatic heterocycles. The molecular weight excluding hydrogens is 437 g/mol. The molecule has 1 amide bonds. The van der Waals surface area contributed by atoms with Crippen molar-refractivity contribution in [3.63, 3.8) is 0 Å². The number of ether oxygens (including phenoxy) is 1. The number of pyridine rings is 1. The highest BCUT2D eigenvalue weighted by molar-refractivity contribution is 6.39. The van der Waals surface area contributed by atoms with E-state index >= 15 is 0 Å². The van der Waals surface area contributed by atoms with Crippen LogP contribution in [0.3, 0.4) is 0 Å². The lowest BCUT2D eigenvalue weighted by atomic mass is 10.0. The number of carbonyl (C=O) groups is 2. The Bertz CT molecular complexity index is 1020. The molecule has 0 spiro atoms. The lowest BCUT2D eigenvalue weighted by molar-refractivity contribution is -0.142. The number of benzene rings is 2. The predicted molar refractivity (Wildman–Crippen MR) is 121 cm³/mol. The summed E-state index contributed by atoms with van der Waals surface area (Å²) in [5.41, 5.74) is 2.04. The van der Waals surface area contributed by atoms with E-state index < -0.39 is 17.9 Å². The maximum atomic E-state index is 12.7. The number of anilines is 1. The molecular formula is C23H21Cl2N3O3. The third-order valence-electron chi connectivity index (χ3n) is 4.58. The molecule has 0 fully saturated rings. The smallest absolute Gasteiger partial charge is 0.328 e. The Morgan fingerprint density at radius 3 is 2.26 bits per heavy atom. The van der Waals surface area contributed by atoms with Gasteiger partial charge in [0.15, 0.2) is 0 Å². The fourth-order valence-corrected chi connectivity index (χ4v) is 3.54. The third kappa shape index (κ3) is 6.20. The number of amides is 1. The molecule has 1 unspecified atom stereocenters. The van der Waals surface area contributed by atoms with Crippen LogP contribution in [0.2, 0.25) is 10.0 Å². The van der Waals surface area contributed by atoms with E-state index in [4.69, 9.17) is 27.9 Å². The van der Waals surface area contributed by atoms with Crippen molar-refractivity contribution in [2.24, 2.45) is 0 Å². The quantitative estimate of drug-likeness (QED) is 0.486. The van der Waals surface area contributed by atoms with Crippen molar-refractivity contribution in [2.75, 3.05) is 12.4 Å². The van der Waals surface area contributed by atoms with Crippen LogP contribution in [0.4, 0.5) is 5.82 Å². The Labute approximate surface area is 190 Å². The second kappa shape index (κ2) is 10.8. The summed E-state index contributed by atoms with van der Waals surface area (Å²) in [6.07, 6.45) is 1.98. The van der Waals surface area contributed by atoms with Crippen molar-refractivity contribution < 1.29 is 14.3 Å². The summed E-state index contributed by atoms with van der Waals surface area (Å²) in [7, 11) is 1.27. The van der Waals surface area contributed by atoms with Gasteiger partial charge in [-0.25, -0.2) is 9.78 Å². The number of aromatic nitrogens is 1. The van der Waals surface area contributed by atoms with E-state index in [9.17, 15) is 9.59 Å². The van der Waals surface area contributed by atoms with Crippen molar-refractivity contribution >= 4 is 40.9 Å². The normalized spacial score (nSPS) is 11.5. The molecule has 0 saturated carbocycles. The number of hydrogen-bond acceptors (Lipinski definition) is 5. The van der Waals surface area contributed by atoms with E-state index in [1.54, 1.807) is 24.4 Å². The lowest BCUT2D eigenvalue weighted by Gasteiger charge is -2.18. The van der Waals surface area contributed by atoms with Crippen LogP contribution in [-0.4, -0.2) is 30.0 Å². The van der Waals surface area contributed by atoms with Crippen molar-refractivity contribution in [3.8, 4) is 0 Å². The molecule has 0 aliphatic carbocycles. The largest absolute Gasteiger partial charge is 0.467 e. The van der Waals surface area contributed by atoms with Gasteiger partial charge < -0.3 is 15.4 Å². The molecule has 3 aromatic rings. The Morgan fingerprint density at radius 1 is 0.968 bits per heavy atom. The summed E-state index contributed by atoms with van der Waals surface area (Å²) >= 11 is 12.2. The minimum absolute atomic E-state index is 0.121. The van der Waals surface area contributed by atoms with Crippen molar-refractivity contribution in [2.45, 2.75) is 19.0 Å². The van der Waals surface area contributed by atoms with Crippen molar-refractivity contribution in [3.05, 3.63) is 93.6 Å².